The fraction of sp³-hybridized carbons (Fsp3) is 0.105. The van der Waals surface area contributed by atoms with Gasteiger partial charge in [0.05, 0.1) is 17.3 Å². The second-order valence-electron chi connectivity index (χ2n) is 5.51. The minimum atomic E-state index is 0.808. The van der Waals surface area contributed by atoms with Gasteiger partial charge in [0.15, 0.2) is 11.6 Å². The van der Waals surface area contributed by atoms with Gasteiger partial charge in [0.25, 0.3) is 0 Å². The van der Waals surface area contributed by atoms with Crippen LogP contribution in [0, 0.1) is 6.92 Å². The fourth-order valence-corrected chi connectivity index (χ4v) is 2.79. The number of rotatable bonds is 2. The molecular formula is C19H16N2O. The van der Waals surface area contributed by atoms with Crippen LogP contribution in [0.1, 0.15) is 5.56 Å². The Morgan fingerprint density at radius 3 is 2.50 bits per heavy atom. The van der Waals surface area contributed by atoms with Crippen molar-refractivity contribution < 1.29 is 4.42 Å². The van der Waals surface area contributed by atoms with Crippen LogP contribution in [0.3, 0.4) is 0 Å². The van der Waals surface area contributed by atoms with Crippen LogP contribution in [0.15, 0.2) is 65.3 Å². The van der Waals surface area contributed by atoms with Crippen LogP contribution in [0.4, 0.5) is 0 Å². The molecule has 0 atom stereocenters. The SMILES string of the molecule is Cc1ccc(-c2ccoc2-c2nc3ccccc3n2C)cc1. The summed E-state index contributed by atoms with van der Waals surface area (Å²) in [5, 5.41) is 0. The normalized spacial score (nSPS) is 11.2. The Morgan fingerprint density at radius 1 is 0.955 bits per heavy atom. The number of para-hydroxylation sites is 2. The van der Waals surface area contributed by atoms with Crippen molar-refractivity contribution in [3.8, 4) is 22.7 Å². The molecule has 22 heavy (non-hydrogen) atoms. The number of imidazole rings is 1. The van der Waals surface area contributed by atoms with Crippen molar-refractivity contribution in [1.29, 1.82) is 0 Å². The zero-order valence-corrected chi connectivity index (χ0v) is 12.6. The fourth-order valence-electron chi connectivity index (χ4n) is 2.79. The van der Waals surface area contributed by atoms with Gasteiger partial charge in [-0.15, -0.1) is 0 Å². The average molecular weight is 288 g/mol. The summed E-state index contributed by atoms with van der Waals surface area (Å²) in [5.41, 5.74) is 5.53. The predicted octanol–water partition coefficient (Wildman–Crippen LogP) is 4.81. The quantitative estimate of drug-likeness (QED) is 0.530. The molecule has 0 aliphatic heterocycles. The van der Waals surface area contributed by atoms with Crippen molar-refractivity contribution >= 4 is 11.0 Å². The molecular weight excluding hydrogens is 272 g/mol. The topological polar surface area (TPSA) is 31.0 Å². The molecule has 2 heterocycles. The third kappa shape index (κ3) is 1.94. The van der Waals surface area contributed by atoms with Crippen LogP contribution >= 0.6 is 0 Å². The second-order valence-corrected chi connectivity index (χ2v) is 5.51. The van der Waals surface area contributed by atoms with E-state index in [1.807, 2.05) is 31.3 Å². The summed E-state index contributed by atoms with van der Waals surface area (Å²) in [5.74, 6) is 1.66. The van der Waals surface area contributed by atoms with Gasteiger partial charge in [-0.1, -0.05) is 42.0 Å². The first-order chi connectivity index (χ1) is 10.7. The van der Waals surface area contributed by atoms with Gasteiger partial charge < -0.3 is 8.98 Å². The maximum atomic E-state index is 5.76. The standard InChI is InChI=1S/C19H16N2O/c1-13-7-9-14(10-8-13)15-11-12-22-18(15)19-20-16-5-3-4-6-17(16)21(19)2/h3-12H,1-2H3. The lowest BCUT2D eigenvalue weighted by Gasteiger charge is -2.04. The summed E-state index contributed by atoms with van der Waals surface area (Å²) in [6.07, 6.45) is 1.73. The largest absolute Gasteiger partial charge is 0.460 e. The lowest BCUT2D eigenvalue weighted by molar-refractivity contribution is 0.575. The van der Waals surface area contributed by atoms with Gasteiger partial charge in [-0.25, -0.2) is 4.98 Å². The van der Waals surface area contributed by atoms with Crippen LogP contribution in [0.5, 0.6) is 0 Å². The highest BCUT2D eigenvalue weighted by molar-refractivity contribution is 5.84. The predicted molar refractivity (Wildman–Crippen MR) is 88.6 cm³/mol. The first kappa shape index (κ1) is 12.9. The molecule has 3 heteroatoms. The minimum Gasteiger partial charge on any atom is -0.460 e. The average Bonchev–Trinajstić information content (AvgIpc) is 3.13. The lowest BCUT2D eigenvalue weighted by Crippen LogP contribution is -1.92. The van der Waals surface area contributed by atoms with Gasteiger partial charge in [0, 0.05) is 12.6 Å². The molecule has 0 amide bonds. The molecule has 0 N–H and O–H groups in total. The van der Waals surface area contributed by atoms with E-state index in [1.54, 1.807) is 6.26 Å². The molecule has 0 unspecified atom stereocenters. The van der Waals surface area contributed by atoms with Gasteiger partial charge >= 0.3 is 0 Å². The van der Waals surface area contributed by atoms with E-state index in [0.717, 1.165) is 33.7 Å². The van der Waals surface area contributed by atoms with E-state index in [-0.39, 0.29) is 0 Å². The van der Waals surface area contributed by atoms with Crippen LogP contribution in [-0.2, 0) is 7.05 Å². The number of hydrogen-bond donors (Lipinski definition) is 0. The number of aromatic nitrogens is 2. The van der Waals surface area contributed by atoms with Crippen molar-refractivity contribution in [3.63, 3.8) is 0 Å². The highest BCUT2D eigenvalue weighted by Crippen LogP contribution is 2.34. The molecule has 0 radical (unpaired) electrons. The van der Waals surface area contributed by atoms with Crippen LogP contribution in [-0.4, -0.2) is 9.55 Å². The number of fused-ring (bicyclic) bond motifs is 1. The summed E-state index contributed by atoms with van der Waals surface area (Å²) in [6.45, 7) is 2.09. The van der Waals surface area contributed by atoms with E-state index in [2.05, 4.69) is 41.8 Å². The molecule has 0 fully saturated rings. The van der Waals surface area contributed by atoms with E-state index in [1.165, 1.54) is 5.56 Å². The maximum Gasteiger partial charge on any atom is 0.177 e. The van der Waals surface area contributed by atoms with Crippen LogP contribution in [0.25, 0.3) is 33.7 Å². The van der Waals surface area contributed by atoms with E-state index in [9.17, 15) is 0 Å². The van der Waals surface area contributed by atoms with Gasteiger partial charge in [-0.05, 0) is 30.7 Å². The van der Waals surface area contributed by atoms with Crippen molar-refractivity contribution in [3.05, 3.63) is 66.4 Å². The number of aryl methyl sites for hydroxylation is 2. The van der Waals surface area contributed by atoms with Crippen LogP contribution in [0.2, 0.25) is 0 Å². The van der Waals surface area contributed by atoms with E-state index < -0.39 is 0 Å². The minimum absolute atomic E-state index is 0.808. The van der Waals surface area contributed by atoms with Crippen molar-refractivity contribution in [2.45, 2.75) is 6.92 Å². The molecule has 4 aromatic rings. The smallest absolute Gasteiger partial charge is 0.177 e. The Bertz CT molecular complexity index is 945. The summed E-state index contributed by atoms with van der Waals surface area (Å²) in [7, 11) is 2.02. The molecule has 0 spiro atoms. The van der Waals surface area contributed by atoms with E-state index in [4.69, 9.17) is 9.40 Å². The van der Waals surface area contributed by atoms with Gasteiger partial charge in [-0.2, -0.15) is 0 Å². The zero-order valence-electron chi connectivity index (χ0n) is 12.6. The summed E-state index contributed by atoms with van der Waals surface area (Å²) >= 11 is 0. The highest BCUT2D eigenvalue weighted by Gasteiger charge is 2.17. The monoisotopic (exact) mass is 288 g/mol. The number of benzene rings is 2. The summed E-state index contributed by atoms with van der Waals surface area (Å²) < 4.78 is 7.84. The van der Waals surface area contributed by atoms with E-state index >= 15 is 0 Å². The number of nitrogens with zero attached hydrogens (tertiary/aromatic N) is 2. The molecule has 3 nitrogen and oxygen atoms in total. The Morgan fingerprint density at radius 2 is 1.73 bits per heavy atom. The molecule has 0 bridgehead atoms. The maximum absolute atomic E-state index is 5.76. The number of hydrogen-bond acceptors (Lipinski definition) is 2. The molecule has 0 saturated carbocycles. The number of furan rings is 1. The molecule has 0 aliphatic carbocycles. The molecule has 2 aromatic carbocycles. The van der Waals surface area contributed by atoms with E-state index in [0.29, 0.717) is 0 Å². The second kappa shape index (κ2) is 4.88. The highest BCUT2D eigenvalue weighted by atomic mass is 16.3. The van der Waals surface area contributed by atoms with Crippen molar-refractivity contribution in [2.75, 3.05) is 0 Å². The van der Waals surface area contributed by atoms with Crippen molar-refractivity contribution in [2.24, 2.45) is 7.05 Å². The van der Waals surface area contributed by atoms with Gasteiger partial charge in [0.1, 0.15) is 0 Å². The van der Waals surface area contributed by atoms with Crippen molar-refractivity contribution in [1.82, 2.24) is 9.55 Å². The Hall–Kier alpha value is -2.81. The Kier molecular flexibility index (Phi) is 2.86. The third-order valence-electron chi connectivity index (χ3n) is 4.02. The molecule has 108 valence electrons. The molecule has 0 saturated heterocycles. The van der Waals surface area contributed by atoms with Crippen LogP contribution < -0.4 is 0 Å². The Balaban J connectivity index is 1.91. The zero-order chi connectivity index (χ0) is 15.1. The first-order valence-corrected chi connectivity index (χ1v) is 7.30. The molecule has 2 aromatic heterocycles. The van der Waals surface area contributed by atoms with Gasteiger partial charge in [-0.3, -0.25) is 0 Å². The van der Waals surface area contributed by atoms with Gasteiger partial charge in [0.2, 0.25) is 0 Å². The third-order valence-corrected chi connectivity index (χ3v) is 4.02. The Labute approximate surface area is 128 Å². The molecule has 4 rings (SSSR count). The lowest BCUT2D eigenvalue weighted by atomic mass is 10.0. The summed E-state index contributed by atoms with van der Waals surface area (Å²) in [6, 6.07) is 18.6. The first-order valence-electron chi connectivity index (χ1n) is 7.30. The summed E-state index contributed by atoms with van der Waals surface area (Å²) in [4.78, 5) is 4.73. The molecule has 0 aliphatic rings.